The first-order chi connectivity index (χ1) is 13.0. The van der Waals surface area contributed by atoms with Gasteiger partial charge in [0, 0.05) is 16.5 Å². The van der Waals surface area contributed by atoms with E-state index in [4.69, 9.17) is 9.72 Å². The molecule has 6 nitrogen and oxygen atoms in total. The third-order valence-electron chi connectivity index (χ3n) is 5.52. The maximum Gasteiger partial charge on any atom is 0.343 e. The molecule has 3 aromatic rings. The number of rotatable bonds is 2. The fourth-order valence-corrected chi connectivity index (χ4v) is 4.19. The largest absolute Gasteiger partial charge is 0.458 e. The summed E-state index contributed by atoms with van der Waals surface area (Å²) in [4.78, 5) is 30.1. The number of para-hydroxylation sites is 1. The van der Waals surface area contributed by atoms with Crippen molar-refractivity contribution in [3.63, 3.8) is 0 Å². The molecule has 1 aromatic carbocycles. The highest BCUT2D eigenvalue weighted by atomic mass is 16.6. The summed E-state index contributed by atoms with van der Waals surface area (Å²) >= 11 is 0. The van der Waals surface area contributed by atoms with Crippen molar-refractivity contribution < 1.29 is 14.6 Å². The van der Waals surface area contributed by atoms with Crippen LogP contribution in [0.5, 0.6) is 0 Å². The van der Waals surface area contributed by atoms with Gasteiger partial charge in [-0.05, 0) is 24.6 Å². The minimum Gasteiger partial charge on any atom is -0.458 e. The second kappa shape index (κ2) is 5.50. The molecule has 136 valence electrons. The van der Waals surface area contributed by atoms with E-state index in [-0.39, 0.29) is 18.6 Å². The Morgan fingerprint density at radius 1 is 1.26 bits per heavy atom. The van der Waals surface area contributed by atoms with Gasteiger partial charge < -0.3 is 14.4 Å². The van der Waals surface area contributed by atoms with Crippen LogP contribution in [0.1, 0.15) is 36.5 Å². The fourth-order valence-electron chi connectivity index (χ4n) is 4.19. The first kappa shape index (κ1) is 16.2. The molecule has 0 saturated heterocycles. The van der Waals surface area contributed by atoms with E-state index < -0.39 is 11.6 Å². The zero-order chi connectivity index (χ0) is 18.8. The van der Waals surface area contributed by atoms with Crippen molar-refractivity contribution in [3.8, 4) is 11.4 Å². The molecule has 1 atom stereocenters. The van der Waals surface area contributed by atoms with Crippen molar-refractivity contribution in [1.29, 1.82) is 0 Å². The Balaban J connectivity index is 1.79. The number of hydrogen-bond donors (Lipinski definition) is 1. The van der Waals surface area contributed by atoms with Gasteiger partial charge in [0.25, 0.3) is 5.56 Å². The van der Waals surface area contributed by atoms with E-state index in [0.717, 1.165) is 22.2 Å². The third kappa shape index (κ3) is 2.13. The normalized spacial score (nSPS) is 20.1. The Morgan fingerprint density at radius 2 is 2.07 bits per heavy atom. The summed E-state index contributed by atoms with van der Waals surface area (Å²) < 4.78 is 6.79. The van der Waals surface area contributed by atoms with Gasteiger partial charge in [0.1, 0.15) is 6.61 Å². The van der Waals surface area contributed by atoms with Crippen LogP contribution in [0.15, 0.2) is 41.2 Å². The Labute approximate surface area is 155 Å². The lowest BCUT2D eigenvalue weighted by Crippen LogP contribution is -2.44. The molecule has 2 aromatic heterocycles. The van der Waals surface area contributed by atoms with Crippen LogP contribution in [0, 0.1) is 0 Å². The van der Waals surface area contributed by atoms with Gasteiger partial charge in [-0.1, -0.05) is 31.5 Å². The number of fused-ring (bicyclic) bond motifs is 5. The number of aliphatic hydroxyl groups is 1. The van der Waals surface area contributed by atoms with Crippen LogP contribution in [-0.4, -0.2) is 20.6 Å². The van der Waals surface area contributed by atoms with Crippen LogP contribution < -0.4 is 5.56 Å². The SMILES string of the molecule is CCC[C@@]1(O)C(=O)OCc2c1cc1n(c2=O)Cc2cc3ccccc3nc2-1. The number of ether oxygens (including phenoxy) is 1. The summed E-state index contributed by atoms with van der Waals surface area (Å²) in [5, 5.41) is 12.0. The third-order valence-corrected chi connectivity index (χ3v) is 5.52. The van der Waals surface area contributed by atoms with Gasteiger partial charge in [-0.15, -0.1) is 0 Å². The number of nitrogens with zero attached hydrogens (tertiary/aromatic N) is 2. The average molecular weight is 362 g/mol. The molecule has 0 fully saturated rings. The summed E-state index contributed by atoms with van der Waals surface area (Å²) in [6, 6.07) is 11.6. The molecule has 6 heteroatoms. The molecule has 27 heavy (non-hydrogen) atoms. The summed E-state index contributed by atoms with van der Waals surface area (Å²) in [6.45, 7) is 2.20. The smallest absolute Gasteiger partial charge is 0.343 e. The minimum atomic E-state index is -1.78. The number of esters is 1. The van der Waals surface area contributed by atoms with Gasteiger partial charge >= 0.3 is 5.97 Å². The number of cyclic esters (lactones) is 1. The summed E-state index contributed by atoms with van der Waals surface area (Å²) in [6.07, 6.45) is 0.794. The van der Waals surface area contributed by atoms with Crippen molar-refractivity contribution in [1.82, 2.24) is 9.55 Å². The van der Waals surface area contributed by atoms with E-state index in [1.54, 1.807) is 10.6 Å². The molecule has 2 aliphatic heterocycles. The molecule has 0 unspecified atom stereocenters. The highest BCUT2D eigenvalue weighted by molar-refractivity contribution is 5.86. The van der Waals surface area contributed by atoms with Crippen LogP contribution >= 0.6 is 0 Å². The van der Waals surface area contributed by atoms with Crippen LogP contribution in [-0.2, 0) is 28.3 Å². The highest BCUT2D eigenvalue weighted by Crippen LogP contribution is 2.39. The Bertz CT molecular complexity index is 1180. The molecule has 0 spiro atoms. The van der Waals surface area contributed by atoms with Crippen LogP contribution in [0.4, 0.5) is 0 Å². The molecule has 5 rings (SSSR count). The molecule has 0 aliphatic carbocycles. The monoisotopic (exact) mass is 362 g/mol. The highest BCUT2D eigenvalue weighted by Gasteiger charge is 2.45. The van der Waals surface area contributed by atoms with E-state index >= 15 is 0 Å². The van der Waals surface area contributed by atoms with Crippen molar-refractivity contribution in [2.24, 2.45) is 0 Å². The summed E-state index contributed by atoms with van der Waals surface area (Å²) in [5.41, 5.74) is 1.88. The fraction of sp³-hybridized carbons (Fsp3) is 0.286. The lowest BCUT2D eigenvalue weighted by molar-refractivity contribution is -0.172. The van der Waals surface area contributed by atoms with Gasteiger partial charge in [0.15, 0.2) is 5.60 Å². The molecular weight excluding hydrogens is 344 g/mol. The van der Waals surface area contributed by atoms with Gasteiger partial charge in [-0.2, -0.15) is 0 Å². The predicted molar refractivity (Wildman–Crippen MR) is 99.1 cm³/mol. The van der Waals surface area contributed by atoms with Gasteiger partial charge in [0.2, 0.25) is 0 Å². The van der Waals surface area contributed by atoms with Crippen molar-refractivity contribution in [3.05, 3.63) is 63.4 Å². The van der Waals surface area contributed by atoms with Gasteiger partial charge in [-0.3, -0.25) is 4.79 Å². The number of pyridine rings is 2. The maximum absolute atomic E-state index is 13.1. The van der Waals surface area contributed by atoms with Crippen molar-refractivity contribution in [2.45, 2.75) is 38.5 Å². The van der Waals surface area contributed by atoms with Gasteiger partial charge in [0.05, 0.1) is 29.0 Å². The molecule has 0 saturated carbocycles. The molecule has 0 amide bonds. The van der Waals surface area contributed by atoms with Gasteiger partial charge in [-0.25, -0.2) is 9.78 Å². The number of carbonyl (C=O) groups excluding carboxylic acids is 1. The second-order valence-corrected chi connectivity index (χ2v) is 7.19. The van der Waals surface area contributed by atoms with Crippen LogP contribution in [0.3, 0.4) is 0 Å². The van der Waals surface area contributed by atoms with E-state index in [1.807, 2.05) is 37.3 Å². The Hall–Kier alpha value is -2.99. The van der Waals surface area contributed by atoms with E-state index in [1.165, 1.54) is 0 Å². The quantitative estimate of drug-likeness (QED) is 0.554. The molecule has 2 aliphatic rings. The topological polar surface area (TPSA) is 81.4 Å². The number of carbonyl (C=O) groups is 1. The molecular formula is C21H18N2O4. The standard InChI is InChI=1S/C21H18N2O4/c1-2-7-21(26)15-9-17-18-13(8-12-5-3-4-6-16(12)22-18)10-23(17)19(24)14(15)11-27-20(21)25/h3-6,8-9,26H,2,7,10-11H2,1H3/t21-/m0/s1. The number of benzene rings is 1. The molecule has 4 heterocycles. The Kier molecular flexibility index (Phi) is 3.30. The molecule has 0 radical (unpaired) electrons. The first-order valence-corrected chi connectivity index (χ1v) is 9.09. The zero-order valence-corrected chi connectivity index (χ0v) is 14.9. The molecule has 0 bridgehead atoms. The van der Waals surface area contributed by atoms with Crippen molar-refractivity contribution in [2.75, 3.05) is 0 Å². The summed E-state index contributed by atoms with van der Waals surface area (Å²) in [5.74, 6) is -0.689. The number of hydrogen-bond acceptors (Lipinski definition) is 5. The zero-order valence-electron chi connectivity index (χ0n) is 14.9. The number of aromatic nitrogens is 2. The lowest BCUT2D eigenvalue weighted by Gasteiger charge is -2.32. The Morgan fingerprint density at radius 3 is 2.89 bits per heavy atom. The average Bonchev–Trinajstić information content (AvgIpc) is 3.02. The van der Waals surface area contributed by atoms with E-state index in [0.29, 0.717) is 29.8 Å². The van der Waals surface area contributed by atoms with Crippen molar-refractivity contribution >= 4 is 16.9 Å². The second-order valence-electron chi connectivity index (χ2n) is 7.19. The van der Waals surface area contributed by atoms with E-state index in [9.17, 15) is 14.7 Å². The first-order valence-electron chi connectivity index (χ1n) is 9.09. The van der Waals surface area contributed by atoms with E-state index in [2.05, 4.69) is 0 Å². The summed E-state index contributed by atoms with van der Waals surface area (Å²) in [7, 11) is 0. The lowest BCUT2D eigenvalue weighted by atomic mass is 9.84. The minimum absolute atomic E-state index is 0.106. The maximum atomic E-state index is 13.1. The van der Waals surface area contributed by atoms with Crippen LogP contribution in [0.25, 0.3) is 22.3 Å². The predicted octanol–water partition coefficient (Wildman–Crippen LogP) is 2.47. The van der Waals surface area contributed by atoms with Crippen LogP contribution in [0.2, 0.25) is 0 Å². The molecule has 1 N–H and O–H groups in total.